The third kappa shape index (κ3) is 4.27. The largest absolute Gasteiger partial charge is 0.494 e. The predicted octanol–water partition coefficient (Wildman–Crippen LogP) is 5.12. The number of halogens is 1. The number of carbonyl (C=O) groups excluding carboxylic acids is 2. The zero-order valence-electron chi connectivity index (χ0n) is 16.6. The fraction of sp³-hybridized carbons (Fsp3) is 0.217. The van der Waals surface area contributed by atoms with Crippen molar-refractivity contribution in [3.63, 3.8) is 0 Å². The van der Waals surface area contributed by atoms with Crippen LogP contribution in [0.3, 0.4) is 0 Å². The smallest absolute Gasteiger partial charge is 0.340 e. The normalized spacial score (nSPS) is 15.2. The molecule has 1 aliphatic heterocycles. The molecule has 1 amide bonds. The number of rotatable bonds is 6. The Kier molecular flexibility index (Phi) is 6.54. The molecule has 0 atom stereocenters. The molecule has 29 heavy (non-hydrogen) atoms. The van der Waals surface area contributed by atoms with E-state index in [0.29, 0.717) is 23.6 Å². The molecule has 3 rings (SSSR count). The molecule has 0 bridgehead atoms. The van der Waals surface area contributed by atoms with Gasteiger partial charge in [0.05, 0.1) is 24.4 Å². The summed E-state index contributed by atoms with van der Waals surface area (Å²) in [5.74, 6) is -0.0605. The number of carbonyl (C=O) groups is 2. The lowest BCUT2D eigenvalue weighted by Crippen LogP contribution is -2.24. The third-order valence-electron chi connectivity index (χ3n) is 4.49. The molecule has 1 heterocycles. The van der Waals surface area contributed by atoms with Gasteiger partial charge in [0.2, 0.25) is 0 Å². The molecular weight excluding hydrogens is 434 g/mol. The van der Waals surface area contributed by atoms with Crippen LogP contribution in [0, 0.1) is 0 Å². The predicted molar refractivity (Wildman–Crippen MR) is 117 cm³/mol. The van der Waals surface area contributed by atoms with Crippen LogP contribution in [0.25, 0.3) is 6.08 Å². The Balaban J connectivity index is 2.08. The molecule has 0 radical (unpaired) electrons. The third-order valence-corrected chi connectivity index (χ3v) is 5.21. The van der Waals surface area contributed by atoms with Crippen LogP contribution in [0.15, 0.2) is 69.8 Å². The number of ether oxygens (including phenoxy) is 2. The summed E-state index contributed by atoms with van der Waals surface area (Å²) in [6.45, 7) is 6.20. The van der Waals surface area contributed by atoms with Gasteiger partial charge in [-0.1, -0.05) is 34.1 Å². The second-order valence-electron chi connectivity index (χ2n) is 6.33. The van der Waals surface area contributed by atoms with Gasteiger partial charge in [-0.15, -0.1) is 0 Å². The highest BCUT2D eigenvalue weighted by Crippen LogP contribution is 2.36. The van der Waals surface area contributed by atoms with Gasteiger partial charge in [-0.25, -0.2) is 4.79 Å². The number of benzene rings is 2. The Morgan fingerprint density at radius 2 is 1.76 bits per heavy atom. The van der Waals surface area contributed by atoms with Gasteiger partial charge in [0.1, 0.15) is 5.75 Å². The van der Waals surface area contributed by atoms with E-state index in [1.807, 2.05) is 31.2 Å². The standard InChI is InChI=1S/C23H22BrNO4/c1-4-28-18-12-10-17(11-13-18)25-15(3)21(23(27)29-5-2)19(22(25)26)14-16-8-6-7-9-20(16)24/h6-14H,4-5H2,1-3H3/b19-14-. The zero-order chi connectivity index (χ0) is 21.0. The maximum Gasteiger partial charge on any atom is 0.340 e. The Morgan fingerprint density at radius 3 is 2.38 bits per heavy atom. The summed E-state index contributed by atoms with van der Waals surface area (Å²) < 4.78 is 11.5. The van der Waals surface area contributed by atoms with Crippen LogP contribution < -0.4 is 9.64 Å². The molecule has 0 saturated carbocycles. The summed E-state index contributed by atoms with van der Waals surface area (Å²) in [4.78, 5) is 27.5. The molecule has 5 nitrogen and oxygen atoms in total. The van der Waals surface area contributed by atoms with Crippen LogP contribution in [0.5, 0.6) is 5.75 Å². The summed E-state index contributed by atoms with van der Waals surface area (Å²) in [7, 11) is 0. The minimum absolute atomic E-state index is 0.231. The summed E-state index contributed by atoms with van der Waals surface area (Å²) in [6, 6.07) is 14.7. The van der Waals surface area contributed by atoms with E-state index < -0.39 is 5.97 Å². The SMILES string of the molecule is CCOC(=O)C1=C(C)N(c2ccc(OCC)cc2)C(=O)/C1=C\c1ccccc1Br. The van der Waals surface area contributed by atoms with Gasteiger partial charge in [0, 0.05) is 15.9 Å². The first-order chi connectivity index (χ1) is 14.0. The number of allylic oxidation sites excluding steroid dienone is 1. The van der Waals surface area contributed by atoms with Crippen molar-refractivity contribution >= 4 is 39.6 Å². The van der Waals surface area contributed by atoms with E-state index >= 15 is 0 Å². The second-order valence-corrected chi connectivity index (χ2v) is 7.18. The lowest BCUT2D eigenvalue weighted by atomic mass is 10.0. The van der Waals surface area contributed by atoms with Crippen molar-refractivity contribution in [2.24, 2.45) is 0 Å². The molecule has 0 fully saturated rings. The highest BCUT2D eigenvalue weighted by molar-refractivity contribution is 9.10. The van der Waals surface area contributed by atoms with Crippen LogP contribution in [0.4, 0.5) is 5.69 Å². The van der Waals surface area contributed by atoms with Gasteiger partial charge < -0.3 is 9.47 Å². The Hall–Kier alpha value is -2.86. The van der Waals surface area contributed by atoms with Crippen molar-refractivity contribution < 1.29 is 19.1 Å². The molecule has 0 saturated heterocycles. The fourth-order valence-electron chi connectivity index (χ4n) is 3.20. The van der Waals surface area contributed by atoms with Gasteiger partial charge >= 0.3 is 5.97 Å². The molecule has 1 aliphatic rings. The van der Waals surface area contributed by atoms with E-state index in [4.69, 9.17) is 9.47 Å². The average Bonchev–Trinajstić information content (AvgIpc) is 2.95. The van der Waals surface area contributed by atoms with Crippen LogP contribution in [0.1, 0.15) is 26.3 Å². The van der Waals surface area contributed by atoms with Gasteiger partial charge in [0.15, 0.2) is 0 Å². The topological polar surface area (TPSA) is 55.8 Å². The summed E-state index contributed by atoms with van der Waals surface area (Å²) in [5.41, 5.74) is 2.59. The number of nitrogens with zero attached hydrogens (tertiary/aromatic N) is 1. The minimum Gasteiger partial charge on any atom is -0.494 e. The van der Waals surface area contributed by atoms with Crippen molar-refractivity contribution in [2.75, 3.05) is 18.1 Å². The van der Waals surface area contributed by atoms with Crippen molar-refractivity contribution in [2.45, 2.75) is 20.8 Å². The molecule has 2 aromatic rings. The number of amides is 1. The number of hydrogen-bond acceptors (Lipinski definition) is 4. The van der Waals surface area contributed by atoms with Crippen molar-refractivity contribution in [3.8, 4) is 5.75 Å². The molecule has 6 heteroatoms. The Morgan fingerprint density at radius 1 is 1.07 bits per heavy atom. The van der Waals surface area contributed by atoms with Crippen molar-refractivity contribution in [1.29, 1.82) is 0 Å². The van der Waals surface area contributed by atoms with Crippen molar-refractivity contribution in [3.05, 3.63) is 75.4 Å². The molecular formula is C23H22BrNO4. The van der Waals surface area contributed by atoms with Gasteiger partial charge in [-0.05, 0) is 62.7 Å². The molecule has 2 aromatic carbocycles. The summed E-state index contributed by atoms with van der Waals surface area (Å²) in [6.07, 6.45) is 1.72. The second kappa shape index (κ2) is 9.09. The highest BCUT2D eigenvalue weighted by atomic mass is 79.9. The van der Waals surface area contributed by atoms with Gasteiger partial charge in [-0.2, -0.15) is 0 Å². The van der Waals surface area contributed by atoms with E-state index in [0.717, 1.165) is 15.8 Å². The Bertz CT molecular complexity index is 992. The lowest BCUT2D eigenvalue weighted by molar-refractivity contribution is -0.138. The van der Waals surface area contributed by atoms with Gasteiger partial charge in [-0.3, -0.25) is 9.69 Å². The van der Waals surface area contributed by atoms with Gasteiger partial charge in [0.25, 0.3) is 5.91 Å². The van der Waals surface area contributed by atoms with Crippen molar-refractivity contribution in [1.82, 2.24) is 0 Å². The van der Waals surface area contributed by atoms with E-state index in [9.17, 15) is 9.59 Å². The van der Waals surface area contributed by atoms with E-state index in [-0.39, 0.29) is 18.1 Å². The first-order valence-corrected chi connectivity index (χ1v) is 10.2. The minimum atomic E-state index is -0.509. The van der Waals surface area contributed by atoms with E-state index in [1.165, 1.54) is 4.90 Å². The first-order valence-electron chi connectivity index (χ1n) is 9.39. The molecule has 0 aliphatic carbocycles. The molecule has 0 N–H and O–H groups in total. The molecule has 150 valence electrons. The maximum atomic E-state index is 13.3. The maximum absolute atomic E-state index is 13.3. The Labute approximate surface area is 178 Å². The van der Waals surface area contributed by atoms with Crippen LogP contribution in [-0.2, 0) is 14.3 Å². The monoisotopic (exact) mass is 455 g/mol. The van der Waals surface area contributed by atoms with Crippen LogP contribution >= 0.6 is 15.9 Å². The number of anilines is 1. The molecule has 0 aromatic heterocycles. The first kappa shape index (κ1) is 20.9. The summed E-state index contributed by atoms with van der Waals surface area (Å²) >= 11 is 3.49. The van der Waals surface area contributed by atoms with E-state index in [2.05, 4.69) is 15.9 Å². The fourth-order valence-corrected chi connectivity index (χ4v) is 3.60. The quantitative estimate of drug-likeness (QED) is 0.448. The number of hydrogen-bond donors (Lipinski definition) is 0. The number of esters is 1. The lowest BCUT2D eigenvalue weighted by Gasteiger charge is -2.18. The van der Waals surface area contributed by atoms with E-state index in [1.54, 1.807) is 44.2 Å². The molecule has 0 unspecified atom stereocenters. The highest BCUT2D eigenvalue weighted by Gasteiger charge is 2.38. The zero-order valence-corrected chi connectivity index (χ0v) is 18.2. The van der Waals surface area contributed by atoms with Crippen LogP contribution in [-0.4, -0.2) is 25.1 Å². The van der Waals surface area contributed by atoms with Crippen LogP contribution in [0.2, 0.25) is 0 Å². The average molecular weight is 456 g/mol. The summed E-state index contributed by atoms with van der Waals surface area (Å²) in [5, 5.41) is 0. The molecule has 0 spiro atoms.